The molecule has 1 atom stereocenters. The van der Waals surface area contributed by atoms with Crippen LogP contribution in [0.1, 0.15) is 13.3 Å². The molecule has 0 spiro atoms. The van der Waals surface area contributed by atoms with Crippen molar-refractivity contribution in [2.24, 2.45) is 4.99 Å². The maximum Gasteiger partial charge on any atom is 0.0661 e. The second-order valence-corrected chi connectivity index (χ2v) is 1.97. The Hall–Kier alpha value is 0.0600. The highest BCUT2D eigenvalue weighted by Crippen LogP contribution is 1.80. The molecule has 0 fully saturated rings. The highest BCUT2D eigenvalue weighted by atomic mass is 31.0. The molecule has 0 radical (unpaired) electrons. The van der Waals surface area contributed by atoms with Gasteiger partial charge in [-0.05, 0) is 6.42 Å². The number of hydrogen-bond acceptors (Lipinski definition) is 2. The molecule has 2 nitrogen and oxygen atoms in total. The summed E-state index contributed by atoms with van der Waals surface area (Å²) in [6.07, 6.45) is 1.09. The van der Waals surface area contributed by atoms with Gasteiger partial charge in [-0.1, -0.05) is 16.2 Å². The van der Waals surface area contributed by atoms with E-state index in [0.29, 0.717) is 0 Å². The summed E-state index contributed by atoms with van der Waals surface area (Å²) >= 11 is 0. The van der Waals surface area contributed by atoms with Crippen molar-refractivity contribution in [3.8, 4) is 0 Å². The molecule has 0 saturated heterocycles. The maximum atomic E-state index is 5.16. The minimum absolute atomic E-state index is 0.749. The summed E-state index contributed by atoms with van der Waals surface area (Å²) in [6.45, 7) is 4.48. The lowest BCUT2D eigenvalue weighted by molar-refractivity contribution is 0.142. The van der Waals surface area contributed by atoms with E-state index in [0.717, 1.165) is 26.2 Å². The summed E-state index contributed by atoms with van der Waals surface area (Å²) in [4.78, 5) is 3.96. The van der Waals surface area contributed by atoms with Gasteiger partial charge in [-0.15, -0.1) is 0 Å². The molecular weight excluding hydrogens is 133 g/mol. The molecule has 0 N–H and O–H groups in total. The van der Waals surface area contributed by atoms with Crippen molar-refractivity contribution in [1.82, 2.24) is 0 Å². The van der Waals surface area contributed by atoms with E-state index in [9.17, 15) is 0 Å². The van der Waals surface area contributed by atoms with E-state index in [1.54, 1.807) is 5.96 Å². The molecule has 0 aliphatic rings. The third-order valence-electron chi connectivity index (χ3n) is 0.819. The highest BCUT2D eigenvalue weighted by Gasteiger charge is 1.80. The van der Waals surface area contributed by atoms with Gasteiger partial charge >= 0.3 is 0 Å². The standard InChI is InChI=1S/C6H14NOP/c1-2-4-8-5-3-7-6-9/h6H,2-5,9H2,1H3. The molecule has 0 aromatic heterocycles. The molecule has 0 saturated carbocycles. The van der Waals surface area contributed by atoms with Crippen LogP contribution in [0.4, 0.5) is 0 Å². The summed E-state index contributed by atoms with van der Waals surface area (Å²) in [5.41, 5.74) is 0. The lowest BCUT2D eigenvalue weighted by Gasteiger charge is -1.96. The van der Waals surface area contributed by atoms with Crippen LogP contribution >= 0.6 is 9.24 Å². The number of aliphatic imine (C=N–C) groups is 1. The lowest BCUT2D eigenvalue weighted by atomic mass is 10.5. The third-order valence-corrected chi connectivity index (χ3v) is 1.03. The molecule has 0 rings (SSSR count). The smallest absolute Gasteiger partial charge is 0.0661 e. The number of rotatable bonds is 5. The Bertz CT molecular complexity index is 75.5. The third kappa shape index (κ3) is 8.06. The normalized spacial score (nSPS) is 10.9. The van der Waals surface area contributed by atoms with Crippen LogP contribution in [0.3, 0.4) is 0 Å². The number of hydrogen-bond donors (Lipinski definition) is 0. The molecule has 9 heavy (non-hydrogen) atoms. The van der Waals surface area contributed by atoms with E-state index in [1.807, 2.05) is 0 Å². The predicted octanol–water partition coefficient (Wildman–Crippen LogP) is 1.32. The minimum Gasteiger partial charge on any atom is -0.380 e. The van der Waals surface area contributed by atoms with Crippen LogP contribution in [0.5, 0.6) is 0 Å². The average Bonchev–Trinajstić information content (AvgIpc) is 1.89. The van der Waals surface area contributed by atoms with Crippen molar-refractivity contribution >= 4 is 15.2 Å². The lowest BCUT2D eigenvalue weighted by Crippen LogP contribution is -1.98. The first kappa shape index (κ1) is 9.06. The fourth-order valence-electron chi connectivity index (χ4n) is 0.438. The van der Waals surface area contributed by atoms with E-state index in [2.05, 4.69) is 21.2 Å². The van der Waals surface area contributed by atoms with Gasteiger partial charge in [-0.3, -0.25) is 4.99 Å². The van der Waals surface area contributed by atoms with Gasteiger partial charge in [-0.25, -0.2) is 0 Å². The van der Waals surface area contributed by atoms with E-state index in [4.69, 9.17) is 4.74 Å². The number of ether oxygens (including phenoxy) is 1. The van der Waals surface area contributed by atoms with Gasteiger partial charge < -0.3 is 4.74 Å². The summed E-state index contributed by atoms with van der Waals surface area (Å²) in [6, 6.07) is 0. The van der Waals surface area contributed by atoms with E-state index in [-0.39, 0.29) is 0 Å². The van der Waals surface area contributed by atoms with E-state index < -0.39 is 0 Å². The molecule has 0 aromatic carbocycles. The van der Waals surface area contributed by atoms with Gasteiger partial charge in [0.1, 0.15) is 0 Å². The first-order valence-corrected chi connectivity index (χ1v) is 3.86. The Balaban J connectivity index is 2.75. The van der Waals surface area contributed by atoms with Crippen LogP contribution in [0.25, 0.3) is 0 Å². The van der Waals surface area contributed by atoms with Crippen molar-refractivity contribution in [2.45, 2.75) is 13.3 Å². The number of nitrogens with zero attached hydrogens (tertiary/aromatic N) is 1. The Morgan fingerprint density at radius 3 is 2.89 bits per heavy atom. The van der Waals surface area contributed by atoms with Crippen molar-refractivity contribution in [1.29, 1.82) is 0 Å². The van der Waals surface area contributed by atoms with Gasteiger partial charge in [-0.2, -0.15) is 0 Å². The first-order chi connectivity index (χ1) is 4.41. The second kappa shape index (κ2) is 8.06. The fourth-order valence-corrected chi connectivity index (χ4v) is 0.587. The van der Waals surface area contributed by atoms with Crippen molar-refractivity contribution in [3.05, 3.63) is 0 Å². The molecule has 0 amide bonds. The molecule has 0 aliphatic heterocycles. The highest BCUT2D eigenvalue weighted by molar-refractivity contribution is 7.36. The summed E-state index contributed by atoms with van der Waals surface area (Å²) in [7, 11) is 2.43. The Kier molecular flexibility index (Phi) is 8.11. The molecule has 54 valence electrons. The Labute approximate surface area is 58.9 Å². The Morgan fingerprint density at radius 1 is 1.56 bits per heavy atom. The van der Waals surface area contributed by atoms with Crippen LogP contribution in [-0.4, -0.2) is 25.7 Å². The summed E-state index contributed by atoms with van der Waals surface area (Å²) < 4.78 is 5.16. The van der Waals surface area contributed by atoms with E-state index in [1.165, 1.54) is 0 Å². The SMILES string of the molecule is CCCOCCN=CP. The molecule has 3 heteroatoms. The molecule has 0 aliphatic carbocycles. The van der Waals surface area contributed by atoms with Crippen LogP contribution in [0.15, 0.2) is 4.99 Å². The monoisotopic (exact) mass is 147 g/mol. The van der Waals surface area contributed by atoms with Crippen LogP contribution in [-0.2, 0) is 4.74 Å². The van der Waals surface area contributed by atoms with Crippen LogP contribution in [0.2, 0.25) is 0 Å². The zero-order chi connectivity index (χ0) is 6.95. The van der Waals surface area contributed by atoms with Gasteiger partial charge in [0.25, 0.3) is 0 Å². The van der Waals surface area contributed by atoms with Crippen molar-refractivity contribution < 1.29 is 4.74 Å². The fraction of sp³-hybridized carbons (Fsp3) is 0.833. The summed E-state index contributed by atoms with van der Waals surface area (Å²) in [5, 5.41) is 0. The zero-order valence-electron chi connectivity index (χ0n) is 5.84. The van der Waals surface area contributed by atoms with Gasteiger partial charge in [0.15, 0.2) is 0 Å². The van der Waals surface area contributed by atoms with Crippen LogP contribution in [0, 0.1) is 0 Å². The Morgan fingerprint density at radius 2 is 2.33 bits per heavy atom. The second-order valence-electron chi connectivity index (χ2n) is 1.67. The van der Waals surface area contributed by atoms with Gasteiger partial charge in [0, 0.05) is 12.6 Å². The van der Waals surface area contributed by atoms with Crippen molar-refractivity contribution in [3.63, 3.8) is 0 Å². The zero-order valence-corrected chi connectivity index (χ0v) is 6.99. The molecule has 0 aromatic rings. The quantitative estimate of drug-likeness (QED) is 0.326. The summed E-state index contributed by atoms with van der Waals surface area (Å²) in [5.74, 6) is 1.72. The maximum absolute atomic E-state index is 5.16. The predicted molar refractivity (Wildman–Crippen MR) is 44.2 cm³/mol. The first-order valence-electron chi connectivity index (χ1n) is 3.19. The van der Waals surface area contributed by atoms with Crippen molar-refractivity contribution in [2.75, 3.05) is 19.8 Å². The van der Waals surface area contributed by atoms with Gasteiger partial charge in [0.05, 0.1) is 13.2 Å². The largest absolute Gasteiger partial charge is 0.380 e. The minimum atomic E-state index is 0.749. The average molecular weight is 147 g/mol. The molecule has 0 heterocycles. The topological polar surface area (TPSA) is 21.6 Å². The van der Waals surface area contributed by atoms with Crippen LogP contribution < -0.4 is 0 Å². The van der Waals surface area contributed by atoms with E-state index >= 15 is 0 Å². The molecular formula is C6H14NOP. The molecule has 1 unspecified atom stereocenters. The van der Waals surface area contributed by atoms with Gasteiger partial charge in [0.2, 0.25) is 0 Å². The molecule has 0 bridgehead atoms.